The number of hydrogen-bond acceptors (Lipinski definition) is 5. The highest BCUT2D eigenvalue weighted by Gasteiger charge is 2.19. The highest BCUT2D eigenvalue weighted by molar-refractivity contribution is 6.29. The molecule has 31 heavy (non-hydrogen) atoms. The highest BCUT2D eigenvalue weighted by Crippen LogP contribution is 2.32. The minimum absolute atomic E-state index is 0.0936. The smallest absolute Gasteiger partial charge is 0.247 e. The number of aryl methyl sites for hydroxylation is 2. The molecule has 0 saturated carbocycles. The number of pyridine rings is 2. The summed E-state index contributed by atoms with van der Waals surface area (Å²) in [5.41, 5.74) is 4.79. The minimum Gasteiger partial charge on any atom is -0.455 e. The normalized spacial score (nSPS) is 12.2. The Hall–Kier alpha value is -3.38. The molecule has 0 saturated heterocycles. The van der Waals surface area contributed by atoms with E-state index in [1.807, 2.05) is 39.0 Å². The molecule has 0 aliphatic carbocycles. The zero-order chi connectivity index (χ0) is 22.3. The second-order valence-electron chi connectivity index (χ2n) is 7.69. The van der Waals surface area contributed by atoms with Gasteiger partial charge in [0.05, 0.1) is 22.8 Å². The van der Waals surface area contributed by atoms with Crippen LogP contribution in [0.2, 0.25) is 5.15 Å². The Bertz CT molecular complexity index is 1400. The van der Waals surface area contributed by atoms with E-state index in [0.29, 0.717) is 33.0 Å². The zero-order valence-electron chi connectivity index (χ0n) is 17.7. The summed E-state index contributed by atoms with van der Waals surface area (Å²) in [4.78, 5) is 31.6. The summed E-state index contributed by atoms with van der Waals surface area (Å²) in [5, 5.41) is 4.41. The van der Waals surface area contributed by atoms with Gasteiger partial charge in [-0.3, -0.25) is 9.59 Å². The quantitative estimate of drug-likeness (QED) is 0.425. The van der Waals surface area contributed by atoms with E-state index < -0.39 is 0 Å². The van der Waals surface area contributed by atoms with Crippen LogP contribution in [0.15, 0.2) is 56.6 Å². The van der Waals surface area contributed by atoms with Crippen molar-refractivity contribution in [3.05, 3.63) is 90.7 Å². The third-order valence-corrected chi connectivity index (χ3v) is 5.54. The first-order valence-electron chi connectivity index (χ1n) is 9.91. The molecule has 0 spiro atoms. The second-order valence-corrected chi connectivity index (χ2v) is 8.08. The first-order chi connectivity index (χ1) is 14.7. The van der Waals surface area contributed by atoms with Gasteiger partial charge in [0, 0.05) is 29.0 Å². The first-order valence-corrected chi connectivity index (χ1v) is 10.3. The molecule has 1 aromatic carbocycles. The summed E-state index contributed by atoms with van der Waals surface area (Å²) < 4.78 is 6.29. The molecule has 7 heteroatoms. The Morgan fingerprint density at radius 3 is 2.55 bits per heavy atom. The lowest BCUT2D eigenvalue weighted by atomic mass is 9.99. The number of hydrogen-bond donors (Lipinski definition) is 2. The fourth-order valence-corrected chi connectivity index (χ4v) is 3.90. The number of halogens is 1. The van der Waals surface area contributed by atoms with E-state index in [9.17, 15) is 9.59 Å². The summed E-state index contributed by atoms with van der Waals surface area (Å²) in [5.74, 6) is 0.440. The summed E-state index contributed by atoms with van der Waals surface area (Å²) in [6.45, 7) is 7.57. The van der Waals surface area contributed by atoms with Gasteiger partial charge >= 0.3 is 0 Å². The largest absolute Gasteiger partial charge is 0.455 e. The first kappa shape index (κ1) is 20.9. The Kier molecular flexibility index (Phi) is 5.41. The fraction of sp³-hybridized carbons (Fsp3) is 0.208. The average molecular weight is 436 g/mol. The number of rotatable bonds is 4. The maximum atomic E-state index is 13.2. The van der Waals surface area contributed by atoms with E-state index >= 15 is 0 Å². The number of nitrogens with one attached hydrogen (secondary N) is 2. The summed E-state index contributed by atoms with van der Waals surface area (Å²) >= 11 is 5.98. The SMILES string of the molecule is Cc1cc(C(C)Nc2ccc(Cl)nc2C)c2oc(-c3ccc(=O)[nH]c3)c(C)c(=O)c2c1. The maximum Gasteiger partial charge on any atom is 0.247 e. The lowest BCUT2D eigenvalue weighted by molar-refractivity contribution is 0.605. The van der Waals surface area contributed by atoms with E-state index in [1.165, 1.54) is 6.07 Å². The topological polar surface area (TPSA) is 88.0 Å². The van der Waals surface area contributed by atoms with Gasteiger partial charge in [0.15, 0.2) is 5.43 Å². The summed E-state index contributed by atoms with van der Waals surface area (Å²) in [6, 6.07) is 10.4. The van der Waals surface area contributed by atoms with E-state index in [2.05, 4.69) is 15.3 Å². The van der Waals surface area contributed by atoms with Crippen molar-refractivity contribution >= 4 is 28.3 Å². The van der Waals surface area contributed by atoms with Crippen LogP contribution < -0.4 is 16.3 Å². The molecule has 0 bridgehead atoms. The van der Waals surface area contributed by atoms with Crippen molar-refractivity contribution in [2.75, 3.05) is 5.32 Å². The molecule has 0 amide bonds. The Labute approximate surface area is 183 Å². The second kappa shape index (κ2) is 8.04. The van der Waals surface area contributed by atoms with Crippen LogP contribution in [0, 0.1) is 20.8 Å². The Morgan fingerprint density at radius 1 is 1.10 bits per heavy atom. The van der Waals surface area contributed by atoms with Gasteiger partial charge in [0.2, 0.25) is 5.56 Å². The van der Waals surface area contributed by atoms with Crippen molar-refractivity contribution in [3.63, 3.8) is 0 Å². The van der Waals surface area contributed by atoms with Crippen LogP contribution in [0.25, 0.3) is 22.3 Å². The van der Waals surface area contributed by atoms with E-state index in [4.69, 9.17) is 16.0 Å². The molecular weight excluding hydrogens is 414 g/mol. The predicted octanol–water partition coefficient (Wildman–Crippen LogP) is 5.30. The van der Waals surface area contributed by atoms with Gasteiger partial charge in [-0.1, -0.05) is 17.7 Å². The van der Waals surface area contributed by atoms with Crippen LogP contribution >= 0.6 is 11.6 Å². The van der Waals surface area contributed by atoms with Gasteiger partial charge in [-0.2, -0.15) is 0 Å². The number of H-pyrrole nitrogens is 1. The number of aromatic amines is 1. The van der Waals surface area contributed by atoms with Gasteiger partial charge in [-0.05, 0) is 57.5 Å². The van der Waals surface area contributed by atoms with E-state index in [-0.39, 0.29) is 17.0 Å². The van der Waals surface area contributed by atoms with Gasteiger partial charge in [-0.15, -0.1) is 0 Å². The van der Waals surface area contributed by atoms with Gasteiger partial charge in [0.25, 0.3) is 0 Å². The Morgan fingerprint density at radius 2 is 1.87 bits per heavy atom. The molecule has 2 N–H and O–H groups in total. The van der Waals surface area contributed by atoms with Gasteiger partial charge in [0.1, 0.15) is 16.5 Å². The fourth-order valence-electron chi connectivity index (χ4n) is 3.71. The molecule has 4 rings (SSSR count). The molecule has 158 valence electrons. The van der Waals surface area contributed by atoms with E-state index in [0.717, 1.165) is 22.5 Å². The molecule has 6 nitrogen and oxygen atoms in total. The van der Waals surface area contributed by atoms with Crippen LogP contribution in [0.3, 0.4) is 0 Å². The maximum absolute atomic E-state index is 13.2. The lowest BCUT2D eigenvalue weighted by Gasteiger charge is -2.19. The third-order valence-electron chi connectivity index (χ3n) is 5.33. The molecule has 3 aromatic heterocycles. The average Bonchev–Trinajstić information content (AvgIpc) is 2.73. The number of anilines is 1. The molecule has 0 aliphatic rings. The van der Waals surface area contributed by atoms with Gasteiger partial charge < -0.3 is 14.7 Å². The Balaban J connectivity index is 1.89. The van der Waals surface area contributed by atoms with Gasteiger partial charge in [-0.25, -0.2) is 4.98 Å². The van der Waals surface area contributed by atoms with Crippen LogP contribution in [0.5, 0.6) is 0 Å². The van der Waals surface area contributed by atoms with Crippen LogP contribution in [-0.4, -0.2) is 9.97 Å². The number of fused-ring (bicyclic) bond motifs is 1. The van der Waals surface area contributed by atoms with Crippen LogP contribution in [-0.2, 0) is 0 Å². The van der Waals surface area contributed by atoms with Crippen molar-refractivity contribution in [3.8, 4) is 11.3 Å². The number of nitrogens with zero attached hydrogens (tertiary/aromatic N) is 1. The molecule has 3 heterocycles. The molecule has 1 unspecified atom stereocenters. The summed E-state index contributed by atoms with van der Waals surface area (Å²) in [7, 11) is 0. The number of aromatic nitrogens is 2. The molecule has 1 atom stereocenters. The monoisotopic (exact) mass is 435 g/mol. The van der Waals surface area contributed by atoms with Crippen LogP contribution in [0.4, 0.5) is 5.69 Å². The van der Waals surface area contributed by atoms with Crippen molar-refractivity contribution in [2.45, 2.75) is 33.7 Å². The zero-order valence-corrected chi connectivity index (χ0v) is 18.4. The van der Waals surface area contributed by atoms with Crippen molar-refractivity contribution in [2.24, 2.45) is 0 Å². The van der Waals surface area contributed by atoms with Crippen molar-refractivity contribution < 1.29 is 4.42 Å². The third kappa shape index (κ3) is 3.99. The predicted molar refractivity (Wildman–Crippen MR) is 124 cm³/mol. The summed E-state index contributed by atoms with van der Waals surface area (Å²) in [6.07, 6.45) is 1.55. The molecule has 0 radical (unpaired) electrons. The lowest BCUT2D eigenvalue weighted by Crippen LogP contribution is -2.13. The molecule has 0 fully saturated rings. The molecule has 4 aromatic rings. The van der Waals surface area contributed by atoms with Crippen molar-refractivity contribution in [1.29, 1.82) is 0 Å². The van der Waals surface area contributed by atoms with Crippen molar-refractivity contribution in [1.82, 2.24) is 9.97 Å². The standard InChI is InChI=1S/C24H22ClN3O3/c1-12-9-17(14(3)27-19-6-7-20(25)28-15(19)4)24-18(10-12)22(30)13(2)23(31-24)16-5-8-21(29)26-11-16/h5-11,14,27H,1-4H3,(H,26,29). The van der Waals surface area contributed by atoms with Crippen LogP contribution in [0.1, 0.15) is 35.3 Å². The molecule has 0 aliphatic heterocycles. The van der Waals surface area contributed by atoms with E-state index in [1.54, 1.807) is 25.3 Å². The minimum atomic E-state index is -0.217. The highest BCUT2D eigenvalue weighted by atomic mass is 35.5. The number of benzene rings is 1. The molecular formula is C24H22ClN3O3.